The molecule has 10 aromatic rings. The molecule has 3 heteroatoms. The summed E-state index contributed by atoms with van der Waals surface area (Å²) in [6.07, 6.45) is 0. The Kier molecular flexibility index (Phi) is 8.65. The van der Waals surface area contributed by atoms with Crippen LogP contribution in [0.4, 0.5) is 34.1 Å². The Morgan fingerprint density at radius 1 is 0.345 bits per heavy atom. The SMILES string of the molecule is Cc1cc(N(c2ccccc2)c2ccc([Si](C)(C)C)cc2)c2ccc3c(N(c4ccccc4)c4ccccc4-c4ccccc4)cc(C)c4c5ccccc5c1c2c34. The van der Waals surface area contributed by atoms with Crippen molar-refractivity contribution in [1.29, 1.82) is 0 Å². The van der Waals surface area contributed by atoms with E-state index in [0.29, 0.717) is 0 Å². The summed E-state index contributed by atoms with van der Waals surface area (Å²) >= 11 is 0. The van der Waals surface area contributed by atoms with Crippen LogP contribution in [0.15, 0.2) is 188 Å². The molecule has 0 aliphatic heterocycles. The van der Waals surface area contributed by atoms with Gasteiger partial charge in [0.15, 0.2) is 0 Å². The molecule has 0 heterocycles. The third kappa shape index (κ3) is 5.85. The third-order valence-corrected chi connectivity index (χ3v) is 14.0. The van der Waals surface area contributed by atoms with Crippen molar-refractivity contribution >= 4 is 90.5 Å². The normalized spacial score (nSPS) is 11.9. The van der Waals surface area contributed by atoms with Crippen LogP contribution in [0, 0.1) is 13.8 Å². The summed E-state index contributed by atoms with van der Waals surface area (Å²) in [4.78, 5) is 4.95. The molecule has 2 nitrogen and oxygen atoms in total. The van der Waals surface area contributed by atoms with E-state index < -0.39 is 8.07 Å². The predicted octanol–water partition coefficient (Wildman–Crippen LogP) is 15.5. The zero-order valence-corrected chi connectivity index (χ0v) is 34.8. The van der Waals surface area contributed by atoms with Crippen molar-refractivity contribution in [2.24, 2.45) is 0 Å². The van der Waals surface area contributed by atoms with E-state index in [4.69, 9.17) is 0 Å². The second-order valence-electron chi connectivity index (χ2n) is 16.7. The van der Waals surface area contributed by atoms with E-state index >= 15 is 0 Å². The lowest BCUT2D eigenvalue weighted by Gasteiger charge is -2.32. The van der Waals surface area contributed by atoms with Gasteiger partial charge in [0.1, 0.15) is 0 Å². The Morgan fingerprint density at radius 2 is 0.776 bits per heavy atom. The molecule has 10 aromatic carbocycles. The lowest BCUT2D eigenvalue weighted by atomic mass is 9.84. The van der Waals surface area contributed by atoms with Crippen molar-refractivity contribution in [3.63, 3.8) is 0 Å². The first-order chi connectivity index (χ1) is 28.3. The van der Waals surface area contributed by atoms with E-state index in [2.05, 4.69) is 231 Å². The number of anilines is 6. The molecule has 0 radical (unpaired) electrons. The summed E-state index contributed by atoms with van der Waals surface area (Å²) < 4.78 is 0. The molecule has 0 N–H and O–H groups in total. The van der Waals surface area contributed by atoms with Crippen molar-refractivity contribution in [3.05, 3.63) is 199 Å². The second kappa shape index (κ2) is 14.1. The van der Waals surface area contributed by atoms with Crippen LogP contribution in [0.3, 0.4) is 0 Å². The van der Waals surface area contributed by atoms with Crippen molar-refractivity contribution in [2.45, 2.75) is 33.5 Å². The van der Waals surface area contributed by atoms with Gasteiger partial charge < -0.3 is 9.80 Å². The molecule has 0 bridgehead atoms. The first-order valence-electron chi connectivity index (χ1n) is 20.4. The van der Waals surface area contributed by atoms with Crippen LogP contribution in [0.1, 0.15) is 11.1 Å². The van der Waals surface area contributed by atoms with Gasteiger partial charge in [-0.1, -0.05) is 158 Å². The summed E-state index contributed by atoms with van der Waals surface area (Å²) in [5.74, 6) is 0. The van der Waals surface area contributed by atoms with Crippen molar-refractivity contribution in [2.75, 3.05) is 9.80 Å². The summed E-state index contributed by atoms with van der Waals surface area (Å²) in [6.45, 7) is 11.9. The highest BCUT2D eigenvalue weighted by atomic mass is 28.3. The quantitative estimate of drug-likeness (QED) is 0.0864. The van der Waals surface area contributed by atoms with Gasteiger partial charge in [-0.25, -0.2) is 0 Å². The number of fused-ring (bicyclic) bond motifs is 3. The first-order valence-corrected chi connectivity index (χ1v) is 23.9. The number of aryl methyl sites for hydroxylation is 2. The fourth-order valence-corrected chi connectivity index (χ4v) is 10.4. The van der Waals surface area contributed by atoms with Crippen LogP contribution in [-0.4, -0.2) is 8.07 Å². The fraction of sp³-hybridized carbons (Fsp3) is 0.0909. The lowest BCUT2D eigenvalue weighted by Crippen LogP contribution is -2.37. The van der Waals surface area contributed by atoms with Gasteiger partial charge in [-0.3, -0.25) is 0 Å². The maximum atomic E-state index is 2.48. The van der Waals surface area contributed by atoms with Gasteiger partial charge >= 0.3 is 0 Å². The minimum absolute atomic E-state index is 1.12. The van der Waals surface area contributed by atoms with Gasteiger partial charge in [0.05, 0.1) is 25.1 Å². The smallest absolute Gasteiger partial charge is 0.0775 e. The van der Waals surface area contributed by atoms with E-state index in [9.17, 15) is 0 Å². The second-order valence-corrected chi connectivity index (χ2v) is 21.7. The van der Waals surface area contributed by atoms with Crippen molar-refractivity contribution in [1.82, 2.24) is 0 Å². The van der Waals surface area contributed by atoms with Crippen LogP contribution < -0.4 is 15.0 Å². The molecule has 280 valence electrons. The lowest BCUT2D eigenvalue weighted by molar-refractivity contribution is 1.29. The van der Waals surface area contributed by atoms with Crippen LogP contribution in [0.25, 0.3) is 54.2 Å². The Balaban J connectivity index is 1.32. The molecule has 0 spiro atoms. The van der Waals surface area contributed by atoms with Crippen LogP contribution in [0.5, 0.6) is 0 Å². The molecule has 10 rings (SSSR count). The molecule has 58 heavy (non-hydrogen) atoms. The van der Waals surface area contributed by atoms with Crippen LogP contribution in [0.2, 0.25) is 19.6 Å². The number of rotatable bonds is 8. The van der Waals surface area contributed by atoms with Gasteiger partial charge in [0.2, 0.25) is 0 Å². The molecule has 0 amide bonds. The number of hydrogen-bond acceptors (Lipinski definition) is 2. The van der Waals surface area contributed by atoms with Gasteiger partial charge in [0, 0.05) is 44.2 Å². The standard InChI is InChI=1S/C55H46N2Si/c1-37-35-50(56(40-21-11-7-12-22-40)42-29-31-43(32-30-42)58(3,4)5)47-33-34-48-51(36-38(2)53-46-27-16-15-26-45(46)52(37)54(47)55(48)53)57(41-23-13-8-14-24-41)49-28-18-17-25-44(49)39-19-9-6-10-20-39/h6-36H,1-5H3. The monoisotopic (exact) mass is 762 g/mol. The van der Waals surface area contributed by atoms with E-state index in [1.807, 2.05) is 0 Å². The largest absolute Gasteiger partial charge is 0.310 e. The summed E-state index contributed by atoms with van der Waals surface area (Å²) in [5.41, 5.74) is 11.9. The molecular weight excluding hydrogens is 717 g/mol. The first kappa shape index (κ1) is 35.7. The summed E-state index contributed by atoms with van der Waals surface area (Å²) in [7, 11) is -1.49. The zero-order valence-electron chi connectivity index (χ0n) is 33.8. The zero-order chi connectivity index (χ0) is 39.5. The van der Waals surface area contributed by atoms with Crippen molar-refractivity contribution in [3.8, 4) is 11.1 Å². The molecule has 0 fully saturated rings. The number of hydrogen-bond donors (Lipinski definition) is 0. The molecule has 0 saturated carbocycles. The van der Waals surface area contributed by atoms with Gasteiger partial charge in [-0.2, -0.15) is 0 Å². The van der Waals surface area contributed by atoms with Crippen molar-refractivity contribution < 1.29 is 0 Å². The topological polar surface area (TPSA) is 6.48 Å². The molecule has 0 aliphatic carbocycles. The number of nitrogens with zero attached hydrogens (tertiary/aromatic N) is 2. The highest BCUT2D eigenvalue weighted by molar-refractivity contribution is 6.88. The van der Waals surface area contributed by atoms with Gasteiger partial charge in [-0.05, 0) is 107 Å². The predicted molar refractivity (Wildman–Crippen MR) is 255 cm³/mol. The average Bonchev–Trinajstić information content (AvgIpc) is 3.25. The third-order valence-electron chi connectivity index (χ3n) is 11.9. The molecular formula is C55H46N2Si. The number of para-hydroxylation sites is 3. The Morgan fingerprint density at radius 3 is 1.31 bits per heavy atom. The van der Waals surface area contributed by atoms with E-state index in [-0.39, 0.29) is 0 Å². The molecule has 0 aliphatic rings. The molecule has 0 saturated heterocycles. The van der Waals surface area contributed by atoms with Crippen LogP contribution in [-0.2, 0) is 0 Å². The minimum atomic E-state index is -1.49. The Labute approximate surface area is 342 Å². The molecule has 0 atom stereocenters. The number of benzene rings is 10. The van der Waals surface area contributed by atoms with Gasteiger partial charge in [-0.15, -0.1) is 0 Å². The highest BCUT2D eigenvalue weighted by Gasteiger charge is 2.27. The van der Waals surface area contributed by atoms with E-state index in [1.54, 1.807) is 0 Å². The van der Waals surface area contributed by atoms with E-state index in [0.717, 1.165) is 22.7 Å². The maximum Gasteiger partial charge on any atom is 0.0775 e. The van der Waals surface area contributed by atoms with Crippen LogP contribution >= 0.6 is 0 Å². The Hall–Kier alpha value is -6.68. The Bertz CT molecular complexity index is 3090. The maximum absolute atomic E-state index is 2.48. The minimum Gasteiger partial charge on any atom is -0.310 e. The summed E-state index contributed by atoms with van der Waals surface area (Å²) in [6, 6.07) is 69.4. The average molecular weight is 763 g/mol. The molecule has 0 aromatic heterocycles. The highest BCUT2D eigenvalue weighted by Crippen LogP contribution is 2.52. The summed E-state index contributed by atoms with van der Waals surface area (Å²) in [5, 5.41) is 11.8. The van der Waals surface area contributed by atoms with Gasteiger partial charge in [0.25, 0.3) is 0 Å². The van der Waals surface area contributed by atoms with E-state index in [1.165, 1.54) is 81.9 Å². The fourth-order valence-electron chi connectivity index (χ4n) is 9.27. The molecule has 0 unspecified atom stereocenters.